The topological polar surface area (TPSA) is 70.6 Å². The standard InChI is InChI=1S/C25H31N3O2/c1-3-4-5-6-10-13-24(29)26-23-18-16-22(17-19-23)25(30)28-27-20(2)14-15-21-11-8-7-9-12-21/h7-9,11-12,14-19H,3-6,10,13H2,1-2H3,(H,26,29)(H,28,30). The number of anilines is 1. The van der Waals surface area contributed by atoms with Gasteiger partial charge < -0.3 is 5.32 Å². The van der Waals surface area contributed by atoms with Gasteiger partial charge in [0, 0.05) is 17.7 Å². The summed E-state index contributed by atoms with van der Waals surface area (Å²) in [4.78, 5) is 24.2. The van der Waals surface area contributed by atoms with Gasteiger partial charge in [0.05, 0.1) is 5.71 Å². The highest BCUT2D eigenvalue weighted by atomic mass is 16.2. The maximum Gasteiger partial charge on any atom is 0.271 e. The number of allylic oxidation sites excluding steroid dienone is 1. The molecular weight excluding hydrogens is 374 g/mol. The molecule has 0 saturated heterocycles. The average Bonchev–Trinajstić information content (AvgIpc) is 2.77. The minimum Gasteiger partial charge on any atom is -0.326 e. The molecule has 0 aliphatic heterocycles. The number of nitrogens with zero attached hydrogens (tertiary/aromatic N) is 1. The molecule has 30 heavy (non-hydrogen) atoms. The van der Waals surface area contributed by atoms with Crippen LogP contribution >= 0.6 is 0 Å². The Labute approximate surface area is 179 Å². The average molecular weight is 406 g/mol. The van der Waals surface area contributed by atoms with Gasteiger partial charge in [-0.2, -0.15) is 5.10 Å². The minimum absolute atomic E-state index is 0.00845. The van der Waals surface area contributed by atoms with E-state index in [4.69, 9.17) is 0 Å². The monoisotopic (exact) mass is 405 g/mol. The zero-order chi connectivity index (χ0) is 21.6. The van der Waals surface area contributed by atoms with Gasteiger partial charge in [-0.15, -0.1) is 0 Å². The van der Waals surface area contributed by atoms with Crippen LogP contribution < -0.4 is 10.7 Å². The van der Waals surface area contributed by atoms with Crippen molar-refractivity contribution in [2.75, 3.05) is 5.32 Å². The van der Waals surface area contributed by atoms with Crippen molar-refractivity contribution in [2.45, 2.75) is 52.4 Å². The molecule has 0 bridgehead atoms. The number of benzene rings is 2. The van der Waals surface area contributed by atoms with Crippen molar-refractivity contribution in [3.05, 3.63) is 71.8 Å². The molecule has 0 radical (unpaired) electrons. The Morgan fingerprint density at radius 3 is 2.33 bits per heavy atom. The van der Waals surface area contributed by atoms with Crippen molar-refractivity contribution in [1.29, 1.82) is 0 Å². The van der Waals surface area contributed by atoms with E-state index >= 15 is 0 Å². The molecule has 0 atom stereocenters. The number of hydrazone groups is 1. The lowest BCUT2D eigenvalue weighted by Crippen LogP contribution is -2.18. The first-order valence-electron chi connectivity index (χ1n) is 10.6. The van der Waals surface area contributed by atoms with Gasteiger partial charge >= 0.3 is 0 Å². The van der Waals surface area contributed by atoms with E-state index in [-0.39, 0.29) is 11.8 Å². The van der Waals surface area contributed by atoms with Gasteiger partial charge in [-0.1, -0.05) is 69.0 Å². The number of hydrogen-bond donors (Lipinski definition) is 2. The van der Waals surface area contributed by atoms with Gasteiger partial charge in [-0.25, -0.2) is 5.43 Å². The molecule has 0 heterocycles. The van der Waals surface area contributed by atoms with E-state index in [0.29, 0.717) is 23.4 Å². The second-order valence-corrected chi connectivity index (χ2v) is 7.23. The van der Waals surface area contributed by atoms with Crippen molar-refractivity contribution < 1.29 is 9.59 Å². The summed E-state index contributed by atoms with van der Waals surface area (Å²) >= 11 is 0. The summed E-state index contributed by atoms with van der Waals surface area (Å²) in [6.07, 6.45) is 9.89. The lowest BCUT2D eigenvalue weighted by atomic mass is 10.1. The molecule has 0 saturated carbocycles. The van der Waals surface area contributed by atoms with Crippen LogP contribution in [-0.2, 0) is 4.79 Å². The Morgan fingerprint density at radius 1 is 0.933 bits per heavy atom. The predicted octanol–water partition coefficient (Wildman–Crippen LogP) is 5.80. The van der Waals surface area contributed by atoms with Crippen molar-refractivity contribution in [3.8, 4) is 0 Å². The molecule has 2 amide bonds. The molecule has 2 N–H and O–H groups in total. The van der Waals surface area contributed by atoms with Crippen LogP contribution in [0.15, 0.2) is 65.8 Å². The van der Waals surface area contributed by atoms with Crippen molar-refractivity contribution in [2.24, 2.45) is 5.10 Å². The predicted molar refractivity (Wildman–Crippen MR) is 124 cm³/mol. The SMILES string of the molecule is CCCCCCCC(=O)Nc1ccc(C(=O)NN=C(C)C=Cc2ccccc2)cc1. The quantitative estimate of drug-likeness (QED) is 0.281. The van der Waals surface area contributed by atoms with Gasteiger partial charge in [0.1, 0.15) is 0 Å². The van der Waals surface area contributed by atoms with Crippen LogP contribution in [-0.4, -0.2) is 17.5 Å². The summed E-state index contributed by atoms with van der Waals surface area (Å²) in [6, 6.07) is 16.7. The van der Waals surface area contributed by atoms with E-state index in [9.17, 15) is 9.59 Å². The molecule has 0 aliphatic rings. The van der Waals surface area contributed by atoms with E-state index in [0.717, 1.165) is 18.4 Å². The highest BCUT2D eigenvalue weighted by molar-refractivity contribution is 5.99. The van der Waals surface area contributed by atoms with Crippen LogP contribution in [0.25, 0.3) is 6.08 Å². The van der Waals surface area contributed by atoms with Gasteiger partial charge in [0.25, 0.3) is 5.91 Å². The molecule has 158 valence electrons. The summed E-state index contributed by atoms with van der Waals surface area (Å²) in [6.45, 7) is 3.99. The summed E-state index contributed by atoms with van der Waals surface area (Å²) in [7, 11) is 0. The number of unbranched alkanes of at least 4 members (excludes halogenated alkanes) is 4. The zero-order valence-corrected chi connectivity index (χ0v) is 17.9. The Kier molecular flexibility index (Phi) is 10.1. The van der Waals surface area contributed by atoms with Crippen LogP contribution in [0.3, 0.4) is 0 Å². The number of carbonyl (C=O) groups is 2. The fraction of sp³-hybridized carbons (Fsp3) is 0.320. The number of carbonyl (C=O) groups excluding carboxylic acids is 2. The van der Waals surface area contributed by atoms with E-state index in [1.807, 2.05) is 49.4 Å². The largest absolute Gasteiger partial charge is 0.326 e. The molecular formula is C25H31N3O2. The third-order valence-corrected chi connectivity index (χ3v) is 4.59. The third-order valence-electron chi connectivity index (χ3n) is 4.59. The van der Waals surface area contributed by atoms with E-state index in [1.165, 1.54) is 19.3 Å². The first-order valence-corrected chi connectivity index (χ1v) is 10.6. The number of amides is 2. The number of hydrogen-bond acceptors (Lipinski definition) is 3. The molecule has 2 aromatic carbocycles. The van der Waals surface area contributed by atoms with Crippen LogP contribution in [0.1, 0.15) is 68.3 Å². The maximum absolute atomic E-state index is 12.3. The third kappa shape index (κ3) is 8.86. The second kappa shape index (κ2) is 13.1. The summed E-state index contributed by atoms with van der Waals surface area (Å²) in [5.41, 5.74) is 5.48. The normalized spacial score (nSPS) is 11.5. The molecule has 5 heteroatoms. The first-order chi connectivity index (χ1) is 14.6. The minimum atomic E-state index is -0.295. The molecule has 0 aliphatic carbocycles. The molecule has 0 unspecified atom stereocenters. The fourth-order valence-electron chi connectivity index (χ4n) is 2.84. The van der Waals surface area contributed by atoms with E-state index in [2.05, 4.69) is 22.8 Å². The smallest absolute Gasteiger partial charge is 0.271 e. The Balaban J connectivity index is 1.78. The second-order valence-electron chi connectivity index (χ2n) is 7.23. The molecule has 0 aromatic heterocycles. The van der Waals surface area contributed by atoms with E-state index in [1.54, 1.807) is 24.3 Å². The molecule has 0 spiro atoms. The summed E-state index contributed by atoms with van der Waals surface area (Å²) in [5, 5.41) is 6.98. The van der Waals surface area contributed by atoms with Crippen LogP contribution in [0.4, 0.5) is 5.69 Å². The van der Waals surface area contributed by atoms with Crippen LogP contribution in [0.2, 0.25) is 0 Å². The molecule has 2 aromatic rings. The Bertz CT molecular complexity index is 856. The van der Waals surface area contributed by atoms with Crippen molar-refractivity contribution in [1.82, 2.24) is 5.43 Å². The fourth-order valence-corrected chi connectivity index (χ4v) is 2.84. The Morgan fingerprint density at radius 2 is 1.63 bits per heavy atom. The van der Waals surface area contributed by atoms with Crippen molar-refractivity contribution >= 4 is 29.3 Å². The van der Waals surface area contributed by atoms with Crippen LogP contribution in [0, 0.1) is 0 Å². The Hall–Kier alpha value is -3.21. The molecule has 2 rings (SSSR count). The van der Waals surface area contributed by atoms with Gasteiger partial charge in [-0.05, 0) is 49.2 Å². The summed E-state index contributed by atoms with van der Waals surface area (Å²) < 4.78 is 0. The van der Waals surface area contributed by atoms with Gasteiger partial charge in [0.2, 0.25) is 5.91 Å². The lowest BCUT2D eigenvalue weighted by Gasteiger charge is -2.06. The summed E-state index contributed by atoms with van der Waals surface area (Å²) in [5.74, 6) is -0.287. The molecule has 0 fully saturated rings. The van der Waals surface area contributed by atoms with Crippen LogP contribution in [0.5, 0.6) is 0 Å². The first kappa shape index (κ1) is 23.1. The number of rotatable bonds is 11. The zero-order valence-electron chi connectivity index (χ0n) is 17.9. The maximum atomic E-state index is 12.3. The highest BCUT2D eigenvalue weighted by Crippen LogP contribution is 2.12. The van der Waals surface area contributed by atoms with Gasteiger partial charge in [0.15, 0.2) is 0 Å². The highest BCUT2D eigenvalue weighted by Gasteiger charge is 2.06. The van der Waals surface area contributed by atoms with E-state index < -0.39 is 0 Å². The van der Waals surface area contributed by atoms with Gasteiger partial charge in [-0.3, -0.25) is 9.59 Å². The lowest BCUT2D eigenvalue weighted by molar-refractivity contribution is -0.116. The van der Waals surface area contributed by atoms with Crippen molar-refractivity contribution in [3.63, 3.8) is 0 Å². The molecule has 5 nitrogen and oxygen atoms in total. The number of nitrogens with one attached hydrogen (secondary N) is 2.